The van der Waals surface area contributed by atoms with Crippen molar-refractivity contribution in [3.05, 3.63) is 69.2 Å². The van der Waals surface area contributed by atoms with Crippen molar-refractivity contribution in [2.75, 3.05) is 6.26 Å². The number of fused-ring (bicyclic) bond motifs is 1. The van der Waals surface area contributed by atoms with Gasteiger partial charge in [-0.1, -0.05) is 28.1 Å². The van der Waals surface area contributed by atoms with Crippen molar-refractivity contribution < 1.29 is 0 Å². The number of halogens is 1. The lowest BCUT2D eigenvalue weighted by Gasteiger charge is -2.07. The van der Waals surface area contributed by atoms with E-state index in [9.17, 15) is 4.79 Å². The first kappa shape index (κ1) is 14.4. The van der Waals surface area contributed by atoms with Crippen molar-refractivity contribution in [2.24, 2.45) is 0 Å². The molecule has 0 radical (unpaired) electrons. The fourth-order valence-corrected chi connectivity index (χ4v) is 2.94. The molecule has 3 rings (SSSR count). The maximum atomic E-state index is 12.5. The molecule has 0 aliphatic heterocycles. The third-order valence-corrected chi connectivity index (χ3v) is 4.53. The van der Waals surface area contributed by atoms with Gasteiger partial charge in [-0.05, 0) is 42.2 Å². The molecule has 21 heavy (non-hydrogen) atoms. The zero-order valence-corrected chi connectivity index (χ0v) is 13.8. The molecular weight excluding hydrogens is 348 g/mol. The summed E-state index contributed by atoms with van der Waals surface area (Å²) in [6, 6.07) is 13.8. The van der Waals surface area contributed by atoms with Gasteiger partial charge in [0.05, 0.1) is 23.8 Å². The van der Waals surface area contributed by atoms with Crippen LogP contribution in [-0.4, -0.2) is 15.8 Å². The maximum absolute atomic E-state index is 12.5. The van der Waals surface area contributed by atoms with Crippen molar-refractivity contribution in [3.8, 4) is 0 Å². The lowest BCUT2D eigenvalue weighted by molar-refractivity contribution is 0.748. The Kier molecular flexibility index (Phi) is 4.12. The van der Waals surface area contributed by atoms with Gasteiger partial charge in [-0.2, -0.15) is 0 Å². The summed E-state index contributed by atoms with van der Waals surface area (Å²) in [4.78, 5) is 18.1. The zero-order valence-electron chi connectivity index (χ0n) is 11.4. The minimum Gasteiger partial charge on any atom is -0.294 e. The highest BCUT2D eigenvalue weighted by atomic mass is 79.9. The minimum atomic E-state index is -0.0183. The van der Waals surface area contributed by atoms with Crippen LogP contribution in [0.25, 0.3) is 10.9 Å². The molecule has 0 spiro atoms. The summed E-state index contributed by atoms with van der Waals surface area (Å²) in [5.41, 5.74) is 1.79. The Morgan fingerprint density at radius 2 is 1.95 bits per heavy atom. The Morgan fingerprint density at radius 1 is 1.19 bits per heavy atom. The molecule has 0 aliphatic rings. The summed E-state index contributed by atoms with van der Waals surface area (Å²) >= 11 is 5.10. The normalized spacial score (nSPS) is 11.0. The van der Waals surface area contributed by atoms with E-state index in [0.29, 0.717) is 11.9 Å². The van der Waals surface area contributed by atoms with Gasteiger partial charge in [0.25, 0.3) is 5.56 Å². The van der Waals surface area contributed by atoms with Crippen molar-refractivity contribution in [3.63, 3.8) is 0 Å². The van der Waals surface area contributed by atoms with E-state index >= 15 is 0 Å². The summed E-state index contributed by atoms with van der Waals surface area (Å²) in [6.07, 6.45) is 3.66. The molecular formula is C16H13BrN2OS. The average Bonchev–Trinajstić information content (AvgIpc) is 2.51. The molecule has 106 valence electrons. The van der Waals surface area contributed by atoms with E-state index in [1.165, 1.54) is 4.90 Å². The summed E-state index contributed by atoms with van der Waals surface area (Å²) in [7, 11) is 0. The fourth-order valence-electron chi connectivity index (χ4n) is 2.17. The largest absolute Gasteiger partial charge is 0.294 e. The highest BCUT2D eigenvalue weighted by Crippen LogP contribution is 2.17. The minimum absolute atomic E-state index is 0.0183. The molecule has 0 N–H and O–H groups in total. The molecule has 0 fully saturated rings. The molecule has 3 aromatic rings. The van der Waals surface area contributed by atoms with E-state index in [1.54, 1.807) is 22.7 Å². The van der Waals surface area contributed by atoms with Gasteiger partial charge >= 0.3 is 0 Å². The topological polar surface area (TPSA) is 34.9 Å². The van der Waals surface area contributed by atoms with Gasteiger partial charge in [-0.15, -0.1) is 11.8 Å². The first-order chi connectivity index (χ1) is 10.2. The molecule has 1 aromatic heterocycles. The van der Waals surface area contributed by atoms with E-state index < -0.39 is 0 Å². The number of hydrogen-bond donors (Lipinski definition) is 0. The number of nitrogens with zero attached hydrogens (tertiary/aromatic N) is 2. The molecule has 0 saturated carbocycles. The Bertz CT molecular complexity index is 843. The molecule has 5 heteroatoms. The van der Waals surface area contributed by atoms with Crippen molar-refractivity contribution in [1.82, 2.24) is 9.55 Å². The quantitative estimate of drug-likeness (QED) is 0.663. The monoisotopic (exact) mass is 360 g/mol. The highest BCUT2D eigenvalue weighted by molar-refractivity contribution is 9.10. The SMILES string of the molecule is CSc1ccc(Cn2cnc3ccc(Br)cc3c2=O)cc1. The number of aromatic nitrogens is 2. The third kappa shape index (κ3) is 3.04. The van der Waals surface area contributed by atoms with Gasteiger partial charge in [-0.25, -0.2) is 4.98 Å². The van der Waals surface area contributed by atoms with Gasteiger partial charge in [0.1, 0.15) is 0 Å². The first-order valence-corrected chi connectivity index (χ1v) is 8.47. The van der Waals surface area contributed by atoms with Crippen LogP contribution in [-0.2, 0) is 6.54 Å². The summed E-state index contributed by atoms with van der Waals surface area (Å²) in [6.45, 7) is 0.531. The number of hydrogen-bond acceptors (Lipinski definition) is 3. The third-order valence-electron chi connectivity index (χ3n) is 3.30. The van der Waals surface area contributed by atoms with Crippen LogP contribution >= 0.6 is 27.7 Å². The lowest BCUT2D eigenvalue weighted by atomic mass is 10.2. The highest BCUT2D eigenvalue weighted by Gasteiger charge is 2.05. The van der Waals surface area contributed by atoms with Crippen molar-refractivity contribution in [2.45, 2.75) is 11.4 Å². The zero-order chi connectivity index (χ0) is 14.8. The Morgan fingerprint density at radius 3 is 2.67 bits per heavy atom. The Labute approximate surface area is 135 Å². The molecule has 3 nitrogen and oxygen atoms in total. The van der Waals surface area contributed by atoms with E-state index in [4.69, 9.17) is 0 Å². The van der Waals surface area contributed by atoms with E-state index in [2.05, 4.69) is 33.0 Å². The smallest absolute Gasteiger partial charge is 0.261 e. The van der Waals surface area contributed by atoms with Crippen LogP contribution in [0.4, 0.5) is 0 Å². The lowest BCUT2D eigenvalue weighted by Crippen LogP contribution is -2.21. The van der Waals surface area contributed by atoms with E-state index in [-0.39, 0.29) is 5.56 Å². The standard InChI is InChI=1S/C16H13BrN2OS/c1-21-13-5-2-11(3-6-13)9-19-10-18-15-7-4-12(17)8-14(15)16(19)20/h2-8,10H,9H2,1H3. The van der Waals surface area contributed by atoms with E-state index in [0.717, 1.165) is 15.6 Å². The Hall–Kier alpha value is -1.59. The van der Waals surface area contributed by atoms with Crippen LogP contribution in [0.3, 0.4) is 0 Å². The summed E-state index contributed by atoms with van der Waals surface area (Å²) in [5.74, 6) is 0. The van der Waals surface area contributed by atoms with Crippen LogP contribution in [0.1, 0.15) is 5.56 Å². The molecule has 2 aromatic carbocycles. The fraction of sp³-hybridized carbons (Fsp3) is 0.125. The van der Waals surface area contributed by atoms with Gasteiger partial charge < -0.3 is 0 Å². The van der Waals surface area contributed by atoms with Crippen molar-refractivity contribution in [1.29, 1.82) is 0 Å². The van der Waals surface area contributed by atoms with Crippen molar-refractivity contribution >= 4 is 38.6 Å². The summed E-state index contributed by atoms with van der Waals surface area (Å²) in [5, 5.41) is 0.632. The second kappa shape index (κ2) is 6.03. The molecule has 0 aliphatic carbocycles. The predicted molar refractivity (Wildman–Crippen MR) is 91.0 cm³/mol. The second-order valence-corrected chi connectivity index (χ2v) is 6.48. The van der Waals surface area contributed by atoms with Gasteiger partial charge in [0.15, 0.2) is 0 Å². The van der Waals surface area contributed by atoms with Crippen LogP contribution in [0, 0.1) is 0 Å². The van der Waals surface area contributed by atoms with Crippen LogP contribution < -0.4 is 5.56 Å². The molecule has 0 unspecified atom stereocenters. The summed E-state index contributed by atoms with van der Waals surface area (Å²) < 4.78 is 2.53. The molecule has 0 saturated heterocycles. The van der Waals surface area contributed by atoms with E-state index in [1.807, 2.05) is 36.6 Å². The molecule has 0 atom stereocenters. The van der Waals surface area contributed by atoms with Gasteiger partial charge in [0.2, 0.25) is 0 Å². The Balaban J connectivity index is 2.00. The van der Waals surface area contributed by atoms with Crippen LogP contribution in [0.2, 0.25) is 0 Å². The molecule has 0 amide bonds. The molecule has 1 heterocycles. The second-order valence-electron chi connectivity index (χ2n) is 4.69. The number of thioether (sulfide) groups is 1. The predicted octanol–water partition coefficient (Wildman–Crippen LogP) is 3.93. The van der Waals surface area contributed by atoms with Gasteiger partial charge in [0, 0.05) is 9.37 Å². The average molecular weight is 361 g/mol. The molecule has 0 bridgehead atoms. The number of rotatable bonds is 3. The number of benzene rings is 2. The van der Waals surface area contributed by atoms with Gasteiger partial charge in [-0.3, -0.25) is 9.36 Å². The van der Waals surface area contributed by atoms with Crippen LogP contribution in [0.5, 0.6) is 0 Å². The first-order valence-electron chi connectivity index (χ1n) is 6.45. The maximum Gasteiger partial charge on any atom is 0.261 e. The van der Waals surface area contributed by atoms with Crippen LogP contribution in [0.15, 0.2) is 63.0 Å².